The van der Waals surface area contributed by atoms with Crippen molar-refractivity contribution in [2.75, 3.05) is 27.7 Å². The number of rotatable bonds is 20. The lowest BCUT2D eigenvalue weighted by atomic mass is 10.0. The minimum absolute atomic E-state index is 0. The molecule has 0 N–H and O–H groups in total. The van der Waals surface area contributed by atoms with Gasteiger partial charge in [0.05, 0.1) is 18.2 Å². The standard InChI is InChI=1S/C25H51N3.2ClH/c1-6-7-8-9-10-11-12-13-14-15-16-17-18-19-20-21-22-28(5)25(27(3)4)24(2)23-26;;/h24-25H,6-22H2,1-5H3;2*1H. The van der Waals surface area contributed by atoms with Crippen molar-refractivity contribution in [1.29, 1.82) is 5.26 Å². The first-order chi connectivity index (χ1) is 13.5. The summed E-state index contributed by atoms with van der Waals surface area (Å²) < 4.78 is 0. The van der Waals surface area contributed by atoms with E-state index in [1.807, 2.05) is 6.92 Å². The van der Waals surface area contributed by atoms with E-state index in [2.05, 4.69) is 43.9 Å². The zero-order valence-electron chi connectivity index (χ0n) is 20.8. The molecule has 0 saturated carbocycles. The van der Waals surface area contributed by atoms with Crippen molar-refractivity contribution in [3.05, 3.63) is 0 Å². The van der Waals surface area contributed by atoms with Crippen LogP contribution in [0.25, 0.3) is 0 Å². The summed E-state index contributed by atoms with van der Waals surface area (Å²) >= 11 is 0. The molecule has 5 heteroatoms. The highest BCUT2D eigenvalue weighted by atomic mass is 35.5. The third-order valence-corrected chi connectivity index (χ3v) is 6.00. The van der Waals surface area contributed by atoms with Crippen LogP contribution in [0.1, 0.15) is 117 Å². The molecule has 0 aromatic carbocycles. The van der Waals surface area contributed by atoms with Crippen LogP contribution in [0.5, 0.6) is 0 Å². The average molecular weight is 467 g/mol. The number of halogens is 2. The summed E-state index contributed by atoms with van der Waals surface area (Å²) in [5.74, 6) is 0.0426. The van der Waals surface area contributed by atoms with Crippen LogP contribution in [0, 0.1) is 17.2 Å². The molecule has 0 spiro atoms. The molecule has 0 aliphatic rings. The minimum Gasteiger partial charge on any atom is -0.293 e. The van der Waals surface area contributed by atoms with Crippen LogP contribution in [-0.4, -0.2) is 43.7 Å². The lowest BCUT2D eigenvalue weighted by Gasteiger charge is -2.35. The van der Waals surface area contributed by atoms with E-state index in [1.54, 1.807) is 0 Å². The van der Waals surface area contributed by atoms with Gasteiger partial charge in [0.2, 0.25) is 0 Å². The molecule has 0 aromatic rings. The summed E-state index contributed by atoms with van der Waals surface area (Å²) in [6.45, 7) is 5.40. The van der Waals surface area contributed by atoms with E-state index in [-0.39, 0.29) is 36.9 Å². The Morgan fingerprint density at radius 3 is 1.27 bits per heavy atom. The summed E-state index contributed by atoms with van der Waals surface area (Å²) in [5.41, 5.74) is 0. The third kappa shape index (κ3) is 19.9. The van der Waals surface area contributed by atoms with Gasteiger partial charge in [-0.15, -0.1) is 24.8 Å². The molecule has 3 nitrogen and oxygen atoms in total. The predicted molar refractivity (Wildman–Crippen MR) is 139 cm³/mol. The Kier molecular flexibility index (Phi) is 29.1. The van der Waals surface area contributed by atoms with E-state index >= 15 is 0 Å². The van der Waals surface area contributed by atoms with Gasteiger partial charge >= 0.3 is 0 Å². The summed E-state index contributed by atoms with van der Waals surface area (Å²) in [6, 6.07) is 2.40. The number of hydrogen-bond acceptors (Lipinski definition) is 3. The number of nitrogens with zero attached hydrogens (tertiary/aromatic N) is 3. The Bertz CT molecular complexity index is 372. The van der Waals surface area contributed by atoms with E-state index in [4.69, 9.17) is 0 Å². The number of nitriles is 1. The first-order valence-corrected chi connectivity index (χ1v) is 12.3. The van der Waals surface area contributed by atoms with Gasteiger partial charge in [0.15, 0.2) is 0 Å². The molecule has 0 saturated heterocycles. The second kappa shape index (κ2) is 25.3. The van der Waals surface area contributed by atoms with Crippen molar-refractivity contribution in [1.82, 2.24) is 9.80 Å². The van der Waals surface area contributed by atoms with Crippen LogP contribution < -0.4 is 0 Å². The molecule has 0 fully saturated rings. The Hall–Kier alpha value is -0.0100. The van der Waals surface area contributed by atoms with Crippen LogP contribution >= 0.6 is 24.8 Å². The fraction of sp³-hybridized carbons (Fsp3) is 0.960. The topological polar surface area (TPSA) is 30.3 Å². The quantitative estimate of drug-likeness (QED) is 0.134. The number of hydrogen-bond donors (Lipinski definition) is 0. The number of unbranched alkanes of at least 4 members (excludes halogenated alkanes) is 15. The van der Waals surface area contributed by atoms with Gasteiger partial charge < -0.3 is 0 Å². The van der Waals surface area contributed by atoms with E-state index in [9.17, 15) is 5.26 Å². The van der Waals surface area contributed by atoms with Crippen LogP contribution in [0.3, 0.4) is 0 Å². The van der Waals surface area contributed by atoms with E-state index < -0.39 is 0 Å². The van der Waals surface area contributed by atoms with Crippen molar-refractivity contribution < 1.29 is 0 Å². The molecule has 0 bridgehead atoms. The monoisotopic (exact) mass is 465 g/mol. The molecule has 0 amide bonds. The molecule has 0 aromatic heterocycles. The molecule has 30 heavy (non-hydrogen) atoms. The van der Waals surface area contributed by atoms with Crippen LogP contribution in [0.2, 0.25) is 0 Å². The highest BCUT2D eigenvalue weighted by Gasteiger charge is 2.23. The maximum Gasteiger partial charge on any atom is 0.0774 e. The molecule has 0 aliphatic carbocycles. The average Bonchev–Trinajstić information content (AvgIpc) is 2.67. The smallest absolute Gasteiger partial charge is 0.0774 e. The van der Waals surface area contributed by atoms with Gasteiger partial charge in [0.25, 0.3) is 0 Å². The molecule has 0 rings (SSSR count). The van der Waals surface area contributed by atoms with Gasteiger partial charge in [-0.25, -0.2) is 0 Å². The van der Waals surface area contributed by atoms with Gasteiger partial charge in [-0.05, 0) is 41.0 Å². The molecule has 0 radical (unpaired) electrons. The van der Waals surface area contributed by atoms with Crippen LogP contribution in [0.4, 0.5) is 0 Å². The maximum atomic E-state index is 9.21. The fourth-order valence-corrected chi connectivity index (χ4v) is 4.33. The zero-order valence-corrected chi connectivity index (χ0v) is 22.5. The predicted octanol–water partition coefficient (Wildman–Crippen LogP) is 8.07. The molecule has 2 unspecified atom stereocenters. The highest BCUT2D eigenvalue weighted by Crippen LogP contribution is 2.15. The second-order valence-electron chi connectivity index (χ2n) is 9.08. The van der Waals surface area contributed by atoms with Crippen molar-refractivity contribution in [3.8, 4) is 6.07 Å². The lowest BCUT2D eigenvalue weighted by Crippen LogP contribution is -2.47. The normalized spacial score (nSPS) is 12.9. The van der Waals surface area contributed by atoms with E-state index in [1.165, 1.54) is 103 Å². The largest absolute Gasteiger partial charge is 0.293 e. The van der Waals surface area contributed by atoms with Crippen molar-refractivity contribution in [3.63, 3.8) is 0 Å². The van der Waals surface area contributed by atoms with E-state index in [0.717, 1.165) is 6.54 Å². The van der Waals surface area contributed by atoms with Gasteiger partial charge in [-0.1, -0.05) is 103 Å². The summed E-state index contributed by atoms with van der Waals surface area (Å²) in [4.78, 5) is 4.51. The molecular formula is C25H53Cl2N3. The minimum atomic E-state index is 0. The lowest BCUT2D eigenvalue weighted by molar-refractivity contribution is 0.0748. The molecule has 0 heterocycles. The Morgan fingerprint density at radius 2 is 0.967 bits per heavy atom. The molecular weight excluding hydrogens is 413 g/mol. The summed E-state index contributed by atoms with van der Waals surface area (Å²) in [6.07, 6.45) is 22.8. The maximum absolute atomic E-state index is 9.21. The van der Waals surface area contributed by atoms with Crippen LogP contribution in [0.15, 0.2) is 0 Å². The molecule has 2 atom stereocenters. The summed E-state index contributed by atoms with van der Waals surface area (Å²) in [5, 5.41) is 9.21. The van der Waals surface area contributed by atoms with Crippen molar-refractivity contribution >= 4 is 24.8 Å². The fourth-order valence-electron chi connectivity index (χ4n) is 4.33. The van der Waals surface area contributed by atoms with E-state index in [0.29, 0.717) is 0 Å². The highest BCUT2D eigenvalue weighted by molar-refractivity contribution is 5.85. The van der Waals surface area contributed by atoms with Crippen molar-refractivity contribution in [2.24, 2.45) is 5.92 Å². The first-order valence-electron chi connectivity index (χ1n) is 12.3. The summed E-state index contributed by atoms with van der Waals surface area (Å²) in [7, 11) is 6.30. The van der Waals surface area contributed by atoms with Crippen molar-refractivity contribution in [2.45, 2.75) is 123 Å². The Balaban J connectivity index is -0.00000364. The molecule has 0 aliphatic heterocycles. The third-order valence-electron chi connectivity index (χ3n) is 6.00. The van der Waals surface area contributed by atoms with Crippen LogP contribution in [-0.2, 0) is 0 Å². The van der Waals surface area contributed by atoms with Gasteiger partial charge in [0, 0.05) is 0 Å². The second-order valence-corrected chi connectivity index (χ2v) is 9.08. The first kappa shape index (κ1) is 34.6. The Morgan fingerprint density at radius 1 is 0.633 bits per heavy atom. The Labute approximate surface area is 202 Å². The zero-order chi connectivity index (χ0) is 21.0. The van der Waals surface area contributed by atoms with Gasteiger partial charge in [-0.2, -0.15) is 5.26 Å². The van der Waals surface area contributed by atoms with Gasteiger partial charge in [0.1, 0.15) is 0 Å². The van der Waals surface area contributed by atoms with Gasteiger partial charge in [-0.3, -0.25) is 9.80 Å². The molecule has 182 valence electrons. The SMILES string of the molecule is CCCCCCCCCCCCCCCCCCN(C)C(C(C)C#N)N(C)C.Cl.Cl.